The van der Waals surface area contributed by atoms with Crippen LogP contribution in [0.1, 0.15) is 5.56 Å². The molecule has 29 heavy (non-hydrogen) atoms. The van der Waals surface area contributed by atoms with Crippen LogP contribution >= 0.6 is 23.2 Å². The minimum Gasteiger partial charge on any atom is -0.494 e. The predicted octanol–water partition coefficient (Wildman–Crippen LogP) is 3.67. The molecule has 0 aliphatic carbocycles. The summed E-state index contributed by atoms with van der Waals surface area (Å²) in [5.74, 6) is -0.980. The lowest BCUT2D eigenvalue weighted by molar-refractivity contribution is -0.134. The van der Waals surface area contributed by atoms with Crippen molar-refractivity contribution in [2.45, 2.75) is 6.54 Å². The molecule has 0 saturated carbocycles. The van der Waals surface area contributed by atoms with Crippen molar-refractivity contribution in [2.24, 2.45) is 0 Å². The molecular formula is C20H22Cl2FN3O3. The molecule has 0 heterocycles. The van der Waals surface area contributed by atoms with Crippen molar-refractivity contribution in [3.8, 4) is 5.75 Å². The first-order chi connectivity index (χ1) is 13.7. The molecule has 0 bridgehead atoms. The minimum absolute atomic E-state index is 0.0598. The smallest absolute Gasteiger partial charge is 0.244 e. The van der Waals surface area contributed by atoms with Gasteiger partial charge in [-0.15, -0.1) is 0 Å². The summed E-state index contributed by atoms with van der Waals surface area (Å²) < 4.78 is 18.7. The largest absolute Gasteiger partial charge is 0.494 e. The van der Waals surface area contributed by atoms with E-state index in [1.807, 2.05) is 0 Å². The number of nitrogens with one attached hydrogen (secondary N) is 1. The average Bonchev–Trinajstić information content (AvgIpc) is 2.64. The van der Waals surface area contributed by atoms with Gasteiger partial charge in [0.25, 0.3) is 0 Å². The molecule has 0 unspecified atom stereocenters. The molecule has 156 valence electrons. The molecule has 0 aliphatic rings. The monoisotopic (exact) mass is 441 g/mol. The SMILES string of the molecule is COc1ccc(CN(C)CC(=O)N(C)CC(=O)Nc2c(Cl)cccc2Cl)cc1F. The van der Waals surface area contributed by atoms with Gasteiger partial charge in [-0.1, -0.05) is 35.3 Å². The number of halogens is 3. The van der Waals surface area contributed by atoms with Crippen molar-refractivity contribution < 1.29 is 18.7 Å². The van der Waals surface area contributed by atoms with Crippen molar-refractivity contribution in [3.63, 3.8) is 0 Å². The number of carbonyl (C=O) groups excluding carboxylic acids is 2. The van der Waals surface area contributed by atoms with E-state index in [1.54, 1.807) is 36.2 Å². The number of para-hydroxylation sites is 1. The lowest BCUT2D eigenvalue weighted by Gasteiger charge is -2.22. The number of ether oxygens (including phenoxy) is 1. The molecule has 0 spiro atoms. The Kier molecular flexibility index (Phi) is 8.25. The van der Waals surface area contributed by atoms with Gasteiger partial charge in [0.05, 0.1) is 35.9 Å². The lowest BCUT2D eigenvalue weighted by atomic mass is 10.2. The van der Waals surface area contributed by atoms with Gasteiger partial charge < -0.3 is 15.0 Å². The molecule has 2 rings (SSSR count). The maximum atomic E-state index is 13.8. The van der Waals surface area contributed by atoms with Gasteiger partial charge in [0.15, 0.2) is 11.6 Å². The minimum atomic E-state index is -0.461. The predicted molar refractivity (Wildman–Crippen MR) is 112 cm³/mol. The number of amides is 2. The van der Waals surface area contributed by atoms with Crippen LogP contribution in [-0.2, 0) is 16.1 Å². The van der Waals surface area contributed by atoms with Crippen LogP contribution in [0.5, 0.6) is 5.75 Å². The van der Waals surface area contributed by atoms with E-state index < -0.39 is 11.7 Å². The number of rotatable bonds is 8. The fraction of sp³-hybridized carbons (Fsp3) is 0.300. The van der Waals surface area contributed by atoms with E-state index in [0.29, 0.717) is 27.8 Å². The maximum Gasteiger partial charge on any atom is 0.244 e. The molecule has 2 aromatic rings. The molecule has 9 heteroatoms. The van der Waals surface area contributed by atoms with E-state index in [-0.39, 0.29) is 24.7 Å². The first-order valence-electron chi connectivity index (χ1n) is 8.70. The summed E-state index contributed by atoms with van der Waals surface area (Å²) in [5, 5.41) is 3.23. The molecule has 0 aromatic heterocycles. The van der Waals surface area contributed by atoms with Crippen LogP contribution < -0.4 is 10.1 Å². The van der Waals surface area contributed by atoms with E-state index in [0.717, 1.165) is 0 Å². The molecule has 1 N–H and O–H groups in total. The molecule has 0 fully saturated rings. The number of benzene rings is 2. The van der Waals surface area contributed by atoms with Crippen LogP contribution in [0.3, 0.4) is 0 Å². The van der Waals surface area contributed by atoms with Crippen molar-refractivity contribution in [2.75, 3.05) is 39.6 Å². The standard InChI is InChI=1S/C20H22Cl2FN3O3/c1-25(10-13-7-8-17(29-3)16(23)9-13)12-19(28)26(2)11-18(27)24-20-14(21)5-4-6-15(20)22/h4-9H,10-12H2,1-3H3,(H,24,27). The van der Waals surface area contributed by atoms with Crippen LogP contribution in [-0.4, -0.2) is 55.9 Å². The number of likely N-dealkylation sites (N-methyl/N-ethyl adjacent to an activating group) is 2. The maximum absolute atomic E-state index is 13.8. The van der Waals surface area contributed by atoms with Crippen LogP contribution in [0.25, 0.3) is 0 Å². The van der Waals surface area contributed by atoms with Gasteiger partial charge in [0, 0.05) is 13.6 Å². The van der Waals surface area contributed by atoms with Crippen LogP contribution in [0.4, 0.5) is 10.1 Å². The van der Waals surface area contributed by atoms with Crippen LogP contribution in [0, 0.1) is 5.82 Å². The second-order valence-electron chi connectivity index (χ2n) is 6.54. The Bertz CT molecular complexity index is 875. The number of carbonyl (C=O) groups is 2. The average molecular weight is 442 g/mol. The number of hydrogen-bond donors (Lipinski definition) is 1. The topological polar surface area (TPSA) is 61.9 Å². The molecule has 0 saturated heterocycles. The Morgan fingerprint density at radius 3 is 2.34 bits per heavy atom. The van der Waals surface area contributed by atoms with Crippen molar-refractivity contribution in [1.29, 1.82) is 0 Å². The fourth-order valence-corrected chi connectivity index (χ4v) is 3.12. The summed E-state index contributed by atoms with van der Waals surface area (Å²) in [5.41, 5.74) is 1.01. The summed E-state index contributed by atoms with van der Waals surface area (Å²) in [6, 6.07) is 9.51. The first kappa shape index (κ1) is 22.9. The molecular weight excluding hydrogens is 420 g/mol. The van der Waals surface area contributed by atoms with Crippen LogP contribution in [0.2, 0.25) is 10.0 Å². The number of methoxy groups -OCH3 is 1. The van der Waals surface area contributed by atoms with E-state index in [1.165, 1.54) is 31.2 Å². The van der Waals surface area contributed by atoms with E-state index in [9.17, 15) is 14.0 Å². The summed E-state index contributed by atoms with van der Waals surface area (Å²) in [6.45, 7) is 0.261. The van der Waals surface area contributed by atoms with Gasteiger partial charge in [-0.2, -0.15) is 0 Å². The zero-order chi connectivity index (χ0) is 21.6. The van der Waals surface area contributed by atoms with Crippen molar-refractivity contribution in [3.05, 3.63) is 57.8 Å². The Morgan fingerprint density at radius 1 is 1.10 bits per heavy atom. The van der Waals surface area contributed by atoms with E-state index in [2.05, 4.69) is 5.32 Å². The lowest BCUT2D eigenvalue weighted by Crippen LogP contribution is -2.40. The van der Waals surface area contributed by atoms with Gasteiger partial charge in [-0.3, -0.25) is 14.5 Å². The van der Waals surface area contributed by atoms with Crippen molar-refractivity contribution >= 4 is 40.7 Å². The number of hydrogen-bond acceptors (Lipinski definition) is 4. The molecule has 2 aromatic carbocycles. The van der Waals surface area contributed by atoms with Gasteiger partial charge in [-0.05, 0) is 36.9 Å². The third kappa shape index (κ3) is 6.59. The molecule has 2 amide bonds. The Hall–Kier alpha value is -2.35. The Labute approximate surface area is 179 Å². The van der Waals surface area contributed by atoms with Crippen molar-refractivity contribution in [1.82, 2.24) is 9.80 Å². The number of anilines is 1. The Morgan fingerprint density at radius 2 is 1.76 bits per heavy atom. The van der Waals surface area contributed by atoms with E-state index >= 15 is 0 Å². The molecule has 0 aliphatic heterocycles. The highest BCUT2D eigenvalue weighted by molar-refractivity contribution is 6.39. The number of nitrogens with zero attached hydrogens (tertiary/aromatic N) is 2. The highest BCUT2D eigenvalue weighted by Crippen LogP contribution is 2.29. The molecule has 0 radical (unpaired) electrons. The Balaban J connectivity index is 1.87. The van der Waals surface area contributed by atoms with Crippen LogP contribution in [0.15, 0.2) is 36.4 Å². The summed E-state index contributed by atoms with van der Waals surface area (Å²) in [7, 11) is 4.66. The highest BCUT2D eigenvalue weighted by atomic mass is 35.5. The zero-order valence-electron chi connectivity index (χ0n) is 16.3. The second kappa shape index (κ2) is 10.4. The van der Waals surface area contributed by atoms with Gasteiger partial charge in [-0.25, -0.2) is 4.39 Å². The third-order valence-electron chi connectivity index (χ3n) is 4.11. The normalized spacial score (nSPS) is 10.7. The van der Waals surface area contributed by atoms with Gasteiger partial charge in [0.1, 0.15) is 0 Å². The summed E-state index contributed by atoms with van der Waals surface area (Å²) in [6.07, 6.45) is 0. The van der Waals surface area contributed by atoms with E-state index in [4.69, 9.17) is 27.9 Å². The molecule has 6 nitrogen and oxygen atoms in total. The fourth-order valence-electron chi connectivity index (χ4n) is 2.63. The van der Waals surface area contributed by atoms with Gasteiger partial charge >= 0.3 is 0 Å². The third-order valence-corrected chi connectivity index (χ3v) is 4.74. The van der Waals surface area contributed by atoms with Gasteiger partial charge in [0.2, 0.25) is 11.8 Å². The molecule has 0 atom stereocenters. The zero-order valence-corrected chi connectivity index (χ0v) is 17.9. The quantitative estimate of drug-likeness (QED) is 0.678. The summed E-state index contributed by atoms with van der Waals surface area (Å²) >= 11 is 12.1. The second-order valence-corrected chi connectivity index (χ2v) is 7.35. The highest BCUT2D eigenvalue weighted by Gasteiger charge is 2.17. The first-order valence-corrected chi connectivity index (χ1v) is 9.45. The summed E-state index contributed by atoms with van der Waals surface area (Å²) in [4.78, 5) is 27.6.